The molecular formula is C16H18ClN3O. The number of carbonyl (C=O) groups excluding carboxylic acids is 1. The summed E-state index contributed by atoms with van der Waals surface area (Å²) < 4.78 is 0. The van der Waals surface area contributed by atoms with Crippen LogP contribution in [0.1, 0.15) is 22.0 Å². The van der Waals surface area contributed by atoms with Crippen molar-refractivity contribution in [2.45, 2.75) is 6.04 Å². The van der Waals surface area contributed by atoms with Crippen LogP contribution in [0.3, 0.4) is 0 Å². The molecule has 110 valence electrons. The van der Waals surface area contributed by atoms with Crippen molar-refractivity contribution in [3.63, 3.8) is 0 Å². The van der Waals surface area contributed by atoms with Crippen LogP contribution in [0.4, 0.5) is 0 Å². The van der Waals surface area contributed by atoms with Crippen LogP contribution in [-0.2, 0) is 0 Å². The van der Waals surface area contributed by atoms with Gasteiger partial charge in [-0.2, -0.15) is 0 Å². The molecule has 0 saturated carbocycles. The molecule has 21 heavy (non-hydrogen) atoms. The highest BCUT2D eigenvalue weighted by molar-refractivity contribution is 6.29. The lowest BCUT2D eigenvalue weighted by atomic mass is 10.1. The SMILES string of the molecule is CN(C)CC(NC(=O)c1ccnc(Cl)c1)c1ccccc1. The molecule has 2 rings (SSSR count). The molecule has 1 N–H and O–H groups in total. The number of hydrogen-bond acceptors (Lipinski definition) is 3. The van der Waals surface area contributed by atoms with Gasteiger partial charge in [0.1, 0.15) is 5.15 Å². The van der Waals surface area contributed by atoms with Crippen molar-refractivity contribution in [2.24, 2.45) is 0 Å². The van der Waals surface area contributed by atoms with E-state index in [1.807, 2.05) is 49.3 Å². The van der Waals surface area contributed by atoms with Crippen molar-refractivity contribution < 1.29 is 4.79 Å². The summed E-state index contributed by atoms with van der Waals surface area (Å²) in [6, 6.07) is 13.0. The molecule has 1 amide bonds. The van der Waals surface area contributed by atoms with Crippen LogP contribution in [0.5, 0.6) is 0 Å². The molecule has 1 aromatic carbocycles. The fourth-order valence-electron chi connectivity index (χ4n) is 2.07. The van der Waals surface area contributed by atoms with Crippen LogP contribution in [-0.4, -0.2) is 36.4 Å². The fraction of sp³-hybridized carbons (Fsp3) is 0.250. The third-order valence-electron chi connectivity index (χ3n) is 3.04. The molecule has 4 nitrogen and oxygen atoms in total. The Morgan fingerprint density at radius 3 is 2.62 bits per heavy atom. The van der Waals surface area contributed by atoms with E-state index in [1.54, 1.807) is 12.1 Å². The summed E-state index contributed by atoms with van der Waals surface area (Å²) in [6.07, 6.45) is 1.53. The monoisotopic (exact) mass is 303 g/mol. The Hall–Kier alpha value is -1.91. The Balaban J connectivity index is 2.17. The van der Waals surface area contributed by atoms with Crippen molar-refractivity contribution in [2.75, 3.05) is 20.6 Å². The zero-order valence-electron chi connectivity index (χ0n) is 12.1. The predicted octanol–water partition coefficient (Wildman–Crippen LogP) is 2.77. The normalized spacial score (nSPS) is 12.2. The average Bonchev–Trinajstić information content (AvgIpc) is 2.47. The summed E-state index contributed by atoms with van der Waals surface area (Å²) in [4.78, 5) is 18.3. The zero-order valence-corrected chi connectivity index (χ0v) is 12.8. The van der Waals surface area contributed by atoms with Gasteiger partial charge >= 0.3 is 0 Å². The number of nitrogens with zero attached hydrogens (tertiary/aromatic N) is 2. The minimum atomic E-state index is -0.157. The summed E-state index contributed by atoms with van der Waals surface area (Å²) in [5, 5.41) is 3.35. The third-order valence-corrected chi connectivity index (χ3v) is 3.25. The van der Waals surface area contributed by atoms with E-state index in [4.69, 9.17) is 11.6 Å². The number of likely N-dealkylation sites (N-methyl/N-ethyl adjacent to an activating group) is 1. The van der Waals surface area contributed by atoms with E-state index in [2.05, 4.69) is 10.3 Å². The smallest absolute Gasteiger partial charge is 0.251 e. The number of nitrogens with one attached hydrogen (secondary N) is 1. The van der Waals surface area contributed by atoms with Gasteiger partial charge < -0.3 is 10.2 Å². The number of aromatic nitrogens is 1. The van der Waals surface area contributed by atoms with Crippen LogP contribution in [0.2, 0.25) is 5.15 Å². The molecule has 1 aromatic heterocycles. The van der Waals surface area contributed by atoms with Gasteiger partial charge in [0.15, 0.2) is 0 Å². The third kappa shape index (κ3) is 4.55. The van der Waals surface area contributed by atoms with Crippen molar-refractivity contribution >= 4 is 17.5 Å². The first-order valence-electron chi connectivity index (χ1n) is 6.68. The number of pyridine rings is 1. The molecule has 0 saturated heterocycles. The topological polar surface area (TPSA) is 45.2 Å². The van der Waals surface area contributed by atoms with Crippen LogP contribution in [0, 0.1) is 0 Å². The second-order valence-electron chi connectivity index (χ2n) is 5.07. The van der Waals surface area contributed by atoms with E-state index in [0.29, 0.717) is 17.3 Å². The summed E-state index contributed by atoms with van der Waals surface area (Å²) in [5.74, 6) is -0.157. The molecule has 0 bridgehead atoms. The lowest BCUT2D eigenvalue weighted by molar-refractivity contribution is 0.0930. The van der Waals surface area contributed by atoms with Gasteiger partial charge in [-0.3, -0.25) is 4.79 Å². The molecule has 0 fully saturated rings. The summed E-state index contributed by atoms with van der Waals surface area (Å²) >= 11 is 5.83. The van der Waals surface area contributed by atoms with Crippen molar-refractivity contribution in [3.8, 4) is 0 Å². The highest BCUT2D eigenvalue weighted by Crippen LogP contribution is 2.15. The number of hydrogen-bond donors (Lipinski definition) is 1. The molecule has 1 heterocycles. The predicted molar refractivity (Wildman–Crippen MR) is 84.5 cm³/mol. The first-order valence-corrected chi connectivity index (χ1v) is 7.06. The summed E-state index contributed by atoms with van der Waals surface area (Å²) in [7, 11) is 3.96. The minimum Gasteiger partial charge on any atom is -0.344 e. The summed E-state index contributed by atoms with van der Waals surface area (Å²) in [6.45, 7) is 0.717. The van der Waals surface area contributed by atoms with Gasteiger partial charge in [0.05, 0.1) is 6.04 Å². The Kier molecular flexibility index (Phi) is 5.31. The van der Waals surface area contributed by atoms with Gasteiger partial charge in [-0.25, -0.2) is 4.98 Å². The first-order chi connectivity index (χ1) is 10.1. The minimum absolute atomic E-state index is 0.0827. The van der Waals surface area contributed by atoms with E-state index in [1.165, 1.54) is 6.20 Å². The molecule has 1 unspecified atom stereocenters. The lowest BCUT2D eigenvalue weighted by Gasteiger charge is -2.23. The van der Waals surface area contributed by atoms with E-state index in [0.717, 1.165) is 5.56 Å². The van der Waals surface area contributed by atoms with Crippen LogP contribution in [0.25, 0.3) is 0 Å². The molecule has 0 radical (unpaired) electrons. The molecule has 0 aliphatic carbocycles. The molecule has 0 aliphatic rings. The van der Waals surface area contributed by atoms with Crippen LogP contribution >= 0.6 is 11.6 Å². The van der Waals surface area contributed by atoms with Gasteiger partial charge in [0.2, 0.25) is 0 Å². The quantitative estimate of drug-likeness (QED) is 0.864. The van der Waals surface area contributed by atoms with E-state index < -0.39 is 0 Å². The maximum absolute atomic E-state index is 12.3. The van der Waals surface area contributed by atoms with Crippen molar-refractivity contribution in [1.82, 2.24) is 15.2 Å². The molecule has 0 spiro atoms. The van der Waals surface area contributed by atoms with Gasteiger partial charge in [-0.1, -0.05) is 41.9 Å². The van der Waals surface area contributed by atoms with E-state index in [9.17, 15) is 4.79 Å². The maximum atomic E-state index is 12.3. The zero-order chi connectivity index (χ0) is 15.2. The van der Waals surface area contributed by atoms with Gasteiger partial charge in [-0.15, -0.1) is 0 Å². The number of amides is 1. The average molecular weight is 304 g/mol. The standard InChI is InChI=1S/C16H18ClN3O/c1-20(2)11-14(12-6-4-3-5-7-12)19-16(21)13-8-9-18-15(17)10-13/h3-10,14H,11H2,1-2H3,(H,19,21). The van der Waals surface area contributed by atoms with Gasteiger partial charge in [0, 0.05) is 18.3 Å². The first kappa shape index (κ1) is 15.5. The molecule has 1 atom stereocenters. The Morgan fingerprint density at radius 1 is 1.29 bits per heavy atom. The number of carbonyl (C=O) groups is 1. The molecule has 0 aliphatic heterocycles. The molecular weight excluding hydrogens is 286 g/mol. The largest absolute Gasteiger partial charge is 0.344 e. The fourth-order valence-corrected chi connectivity index (χ4v) is 2.24. The highest BCUT2D eigenvalue weighted by atomic mass is 35.5. The Labute approximate surface area is 129 Å². The van der Waals surface area contributed by atoms with Gasteiger partial charge in [-0.05, 0) is 31.8 Å². The maximum Gasteiger partial charge on any atom is 0.251 e. The number of rotatable bonds is 5. The number of benzene rings is 1. The van der Waals surface area contributed by atoms with Crippen molar-refractivity contribution in [1.29, 1.82) is 0 Å². The highest BCUT2D eigenvalue weighted by Gasteiger charge is 2.16. The van der Waals surface area contributed by atoms with E-state index in [-0.39, 0.29) is 11.9 Å². The molecule has 5 heteroatoms. The van der Waals surface area contributed by atoms with Crippen molar-refractivity contribution in [3.05, 3.63) is 64.9 Å². The second-order valence-corrected chi connectivity index (χ2v) is 5.45. The Bertz CT molecular complexity index is 601. The number of halogens is 1. The summed E-state index contributed by atoms with van der Waals surface area (Å²) in [5.41, 5.74) is 1.58. The lowest BCUT2D eigenvalue weighted by Crippen LogP contribution is -2.35. The second kappa shape index (κ2) is 7.20. The van der Waals surface area contributed by atoms with Gasteiger partial charge in [0.25, 0.3) is 5.91 Å². The van der Waals surface area contributed by atoms with E-state index >= 15 is 0 Å². The molecule has 2 aromatic rings. The Morgan fingerprint density at radius 2 is 2.00 bits per heavy atom. The van der Waals surface area contributed by atoms with Crippen LogP contribution in [0.15, 0.2) is 48.7 Å². The van der Waals surface area contributed by atoms with Crippen LogP contribution < -0.4 is 5.32 Å².